The van der Waals surface area contributed by atoms with Gasteiger partial charge in [-0.15, -0.1) is 0 Å². The number of fused-ring (bicyclic) bond motifs is 1. The van der Waals surface area contributed by atoms with Crippen molar-refractivity contribution in [3.63, 3.8) is 0 Å². The number of para-hydroxylation sites is 1. The van der Waals surface area contributed by atoms with Gasteiger partial charge in [-0.1, -0.05) is 24.3 Å². The Morgan fingerprint density at radius 2 is 2.29 bits per heavy atom. The van der Waals surface area contributed by atoms with Gasteiger partial charge in [0.25, 0.3) is 0 Å². The largest absolute Gasteiger partial charge is 0.488 e. The first-order valence-electron chi connectivity index (χ1n) is 8.29. The van der Waals surface area contributed by atoms with E-state index in [1.165, 1.54) is 5.56 Å². The van der Waals surface area contributed by atoms with E-state index in [2.05, 4.69) is 58.8 Å². The van der Waals surface area contributed by atoms with Crippen molar-refractivity contribution in [1.29, 1.82) is 0 Å². The van der Waals surface area contributed by atoms with E-state index in [4.69, 9.17) is 9.47 Å². The lowest BCUT2D eigenvalue weighted by Gasteiger charge is -2.16. The molecule has 4 rings (SSSR count). The van der Waals surface area contributed by atoms with Crippen LogP contribution in [-0.2, 0) is 11.3 Å². The Kier molecular flexibility index (Phi) is 4.09. The molecule has 1 atom stereocenters. The minimum Gasteiger partial charge on any atom is -0.488 e. The van der Waals surface area contributed by atoms with Gasteiger partial charge in [0.05, 0.1) is 24.9 Å². The van der Waals surface area contributed by atoms with Gasteiger partial charge in [0.2, 0.25) is 0 Å². The third-order valence-corrected chi connectivity index (χ3v) is 4.42. The van der Waals surface area contributed by atoms with E-state index >= 15 is 0 Å². The molecule has 1 saturated heterocycles. The zero-order valence-electron chi connectivity index (χ0n) is 13.7. The molecule has 2 N–H and O–H groups in total. The number of nitrogens with one attached hydrogen (secondary N) is 2. The summed E-state index contributed by atoms with van der Waals surface area (Å²) in [7, 11) is 0. The van der Waals surface area contributed by atoms with Crippen LogP contribution in [0.1, 0.15) is 17.5 Å². The van der Waals surface area contributed by atoms with Crippen LogP contribution in [0.5, 0.6) is 5.75 Å². The summed E-state index contributed by atoms with van der Waals surface area (Å²) in [5.41, 5.74) is 4.46. The van der Waals surface area contributed by atoms with E-state index in [1.807, 2.05) is 6.20 Å². The number of aryl methyl sites for hydroxylation is 1. The molecule has 0 radical (unpaired) electrons. The van der Waals surface area contributed by atoms with Crippen molar-refractivity contribution in [3.8, 4) is 5.75 Å². The van der Waals surface area contributed by atoms with Gasteiger partial charge >= 0.3 is 0 Å². The van der Waals surface area contributed by atoms with E-state index in [0.717, 1.165) is 47.5 Å². The molecule has 2 aromatic carbocycles. The predicted molar refractivity (Wildman–Crippen MR) is 94.5 cm³/mol. The highest BCUT2D eigenvalue weighted by molar-refractivity contribution is 5.81. The first-order chi connectivity index (χ1) is 11.8. The van der Waals surface area contributed by atoms with Crippen LogP contribution in [0.25, 0.3) is 10.9 Å². The van der Waals surface area contributed by atoms with Crippen molar-refractivity contribution < 1.29 is 9.47 Å². The summed E-state index contributed by atoms with van der Waals surface area (Å²) < 4.78 is 11.5. The van der Waals surface area contributed by atoms with Crippen LogP contribution in [0.3, 0.4) is 0 Å². The molecule has 1 aliphatic heterocycles. The molecule has 5 heteroatoms. The highest BCUT2D eigenvalue weighted by Gasteiger charge is 2.18. The van der Waals surface area contributed by atoms with E-state index in [0.29, 0.717) is 6.61 Å². The van der Waals surface area contributed by atoms with Crippen LogP contribution in [-0.4, -0.2) is 29.5 Å². The van der Waals surface area contributed by atoms with Crippen molar-refractivity contribution >= 4 is 16.6 Å². The fourth-order valence-electron chi connectivity index (χ4n) is 3.00. The predicted octanol–water partition coefficient (Wildman–Crippen LogP) is 3.65. The molecule has 1 aliphatic rings. The molecule has 3 aromatic rings. The van der Waals surface area contributed by atoms with Crippen LogP contribution >= 0.6 is 0 Å². The van der Waals surface area contributed by atoms with Crippen molar-refractivity contribution in [3.05, 3.63) is 53.7 Å². The SMILES string of the molecule is Cc1ccc(NCc2cccc3cn[nH]c23)cc1O[C@@H]1CCOC1. The zero-order chi connectivity index (χ0) is 16.4. The lowest BCUT2D eigenvalue weighted by molar-refractivity contribution is 0.141. The van der Waals surface area contributed by atoms with Gasteiger partial charge in [-0.25, -0.2) is 0 Å². The Labute approximate surface area is 141 Å². The number of hydrogen-bond donors (Lipinski definition) is 2. The maximum atomic E-state index is 6.08. The Hall–Kier alpha value is -2.53. The standard InChI is InChI=1S/C19H21N3O2/c1-13-5-6-16(9-18(13)24-17-7-8-23-12-17)20-10-14-3-2-4-15-11-21-22-19(14)15/h2-6,9,11,17,20H,7-8,10,12H2,1H3,(H,21,22)/t17-/m1/s1. The number of rotatable bonds is 5. The number of aromatic amines is 1. The molecule has 2 heterocycles. The van der Waals surface area contributed by atoms with Crippen LogP contribution in [0.2, 0.25) is 0 Å². The summed E-state index contributed by atoms with van der Waals surface area (Å²) in [6.45, 7) is 4.27. The summed E-state index contributed by atoms with van der Waals surface area (Å²) in [6.07, 6.45) is 2.97. The van der Waals surface area contributed by atoms with Crippen molar-refractivity contribution in [2.75, 3.05) is 18.5 Å². The number of H-pyrrole nitrogens is 1. The van der Waals surface area contributed by atoms with Crippen LogP contribution in [0, 0.1) is 6.92 Å². The van der Waals surface area contributed by atoms with E-state index in [1.54, 1.807) is 0 Å². The van der Waals surface area contributed by atoms with E-state index in [-0.39, 0.29) is 6.10 Å². The molecule has 24 heavy (non-hydrogen) atoms. The van der Waals surface area contributed by atoms with Gasteiger partial charge in [-0.05, 0) is 24.1 Å². The number of nitrogens with zero attached hydrogens (tertiary/aromatic N) is 1. The summed E-state index contributed by atoms with van der Waals surface area (Å²) in [5, 5.41) is 11.8. The Balaban J connectivity index is 1.49. The minimum absolute atomic E-state index is 0.165. The number of ether oxygens (including phenoxy) is 2. The number of aromatic nitrogens is 2. The quantitative estimate of drug-likeness (QED) is 0.752. The molecule has 0 bridgehead atoms. The van der Waals surface area contributed by atoms with Crippen molar-refractivity contribution in [1.82, 2.24) is 10.2 Å². The van der Waals surface area contributed by atoms with Gasteiger partial charge in [0.1, 0.15) is 11.9 Å². The normalized spacial score (nSPS) is 17.3. The van der Waals surface area contributed by atoms with Crippen LogP contribution < -0.4 is 10.1 Å². The lowest BCUT2D eigenvalue weighted by Crippen LogP contribution is -2.16. The van der Waals surface area contributed by atoms with Gasteiger partial charge < -0.3 is 14.8 Å². The zero-order valence-corrected chi connectivity index (χ0v) is 13.7. The summed E-state index contributed by atoms with van der Waals surface area (Å²) in [6, 6.07) is 12.5. The van der Waals surface area contributed by atoms with Crippen LogP contribution in [0.4, 0.5) is 5.69 Å². The molecule has 0 saturated carbocycles. The molecule has 5 nitrogen and oxygen atoms in total. The molecule has 0 spiro atoms. The average molecular weight is 323 g/mol. The van der Waals surface area contributed by atoms with E-state index < -0.39 is 0 Å². The Morgan fingerprint density at radius 1 is 1.33 bits per heavy atom. The number of benzene rings is 2. The van der Waals surface area contributed by atoms with Gasteiger partial charge in [0.15, 0.2) is 0 Å². The Morgan fingerprint density at radius 3 is 3.17 bits per heavy atom. The molecule has 0 amide bonds. The van der Waals surface area contributed by atoms with Crippen molar-refractivity contribution in [2.24, 2.45) is 0 Å². The Bertz CT molecular complexity index is 837. The fourth-order valence-corrected chi connectivity index (χ4v) is 3.00. The maximum absolute atomic E-state index is 6.08. The molecule has 1 aromatic heterocycles. The first kappa shape index (κ1) is 15.0. The second-order valence-electron chi connectivity index (χ2n) is 6.19. The van der Waals surface area contributed by atoms with Gasteiger partial charge in [-0.2, -0.15) is 5.10 Å². The number of anilines is 1. The third-order valence-electron chi connectivity index (χ3n) is 4.42. The van der Waals surface area contributed by atoms with Gasteiger partial charge in [-0.3, -0.25) is 5.10 Å². The highest BCUT2D eigenvalue weighted by atomic mass is 16.5. The molecular weight excluding hydrogens is 302 g/mol. The summed E-state index contributed by atoms with van der Waals surface area (Å²) >= 11 is 0. The van der Waals surface area contributed by atoms with Crippen LogP contribution in [0.15, 0.2) is 42.6 Å². The lowest BCUT2D eigenvalue weighted by atomic mass is 10.1. The maximum Gasteiger partial charge on any atom is 0.124 e. The van der Waals surface area contributed by atoms with E-state index in [9.17, 15) is 0 Å². The monoisotopic (exact) mass is 323 g/mol. The summed E-state index contributed by atoms with van der Waals surface area (Å²) in [4.78, 5) is 0. The van der Waals surface area contributed by atoms with Gasteiger partial charge in [0, 0.05) is 30.1 Å². The summed E-state index contributed by atoms with van der Waals surface area (Å²) in [5.74, 6) is 0.926. The third kappa shape index (κ3) is 3.08. The highest BCUT2D eigenvalue weighted by Crippen LogP contribution is 2.26. The second-order valence-corrected chi connectivity index (χ2v) is 6.19. The second kappa shape index (κ2) is 6.53. The smallest absolute Gasteiger partial charge is 0.124 e. The minimum atomic E-state index is 0.165. The molecule has 124 valence electrons. The average Bonchev–Trinajstić information content (AvgIpc) is 3.27. The topological polar surface area (TPSA) is 59.2 Å². The number of hydrogen-bond acceptors (Lipinski definition) is 4. The molecule has 0 aliphatic carbocycles. The molecule has 1 fully saturated rings. The molecule has 0 unspecified atom stereocenters. The van der Waals surface area contributed by atoms with Crippen molar-refractivity contribution in [2.45, 2.75) is 26.0 Å². The molecular formula is C19H21N3O2. The fraction of sp³-hybridized carbons (Fsp3) is 0.316. The first-order valence-corrected chi connectivity index (χ1v) is 8.29.